The molecule has 2 aromatic heterocycles. The molecule has 0 aliphatic rings. The Morgan fingerprint density at radius 3 is 2.92 bits per heavy atom. The summed E-state index contributed by atoms with van der Waals surface area (Å²) in [6.07, 6.45) is 0.331. The van der Waals surface area contributed by atoms with Gasteiger partial charge in [-0.3, -0.25) is 14.0 Å². The first-order valence-electron chi connectivity index (χ1n) is 7.30. The average molecular weight is 382 g/mol. The zero-order valence-electron chi connectivity index (χ0n) is 12.9. The molecule has 0 saturated heterocycles. The Morgan fingerprint density at radius 2 is 2.16 bits per heavy atom. The van der Waals surface area contributed by atoms with Gasteiger partial charge in [0.05, 0.1) is 21.9 Å². The van der Waals surface area contributed by atoms with Crippen LogP contribution >= 0.6 is 11.3 Å². The van der Waals surface area contributed by atoms with Gasteiger partial charge in [-0.2, -0.15) is 8.42 Å². The summed E-state index contributed by atoms with van der Waals surface area (Å²) in [5.74, 6) is -0.863. The molecule has 1 amide bonds. The number of fused-ring (bicyclic) bond motifs is 1. The van der Waals surface area contributed by atoms with Gasteiger partial charge in [-0.05, 0) is 30.0 Å². The summed E-state index contributed by atoms with van der Waals surface area (Å²) in [4.78, 5) is 25.7. The third kappa shape index (κ3) is 4.16. The van der Waals surface area contributed by atoms with Gasteiger partial charge in [-0.25, -0.2) is 4.79 Å². The molecule has 0 unspecified atom stereocenters. The number of benzene rings is 1. The largest absolute Gasteiger partial charge is 0.417 e. The average Bonchev–Trinajstić information content (AvgIpc) is 3.21. The van der Waals surface area contributed by atoms with Crippen LogP contribution in [0.4, 0.5) is 0 Å². The van der Waals surface area contributed by atoms with Crippen LogP contribution in [0.25, 0.3) is 11.1 Å². The first kappa shape index (κ1) is 17.4. The topological polar surface area (TPSA) is 118 Å². The van der Waals surface area contributed by atoms with Gasteiger partial charge in [0.15, 0.2) is 5.58 Å². The number of H-pyrrole nitrogens is 1. The predicted molar refractivity (Wildman–Crippen MR) is 91.2 cm³/mol. The lowest BCUT2D eigenvalue weighted by Gasteiger charge is -2.06. The monoisotopic (exact) mass is 382 g/mol. The third-order valence-corrected chi connectivity index (χ3v) is 5.45. The van der Waals surface area contributed by atoms with Gasteiger partial charge in [0.25, 0.3) is 16.0 Å². The van der Waals surface area contributed by atoms with Crippen molar-refractivity contribution in [2.75, 3.05) is 13.2 Å². The van der Waals surface area contributed by atoms with E-state index in [4.69, 9.17) is 8.60 Å². The number of hydrogen-bond acceptors (Lipinski definition) is 7. The molecule has 0 aliphatic heterocycles. The van der Waals surface area contributed by atoms with Crippen molar-refractivity contribution in [1.82, 2.24) is 10.3 Å². The Morgan fingerprint density at radius 1 is 1.32 bits per heavy atom. The van der Waals surface area contributed by atoms with Gasteiger partial charge in [0, 0.05) is 12.6 Å². The highest BCUT2D eigenvalue weighted by Crippen LogP contribution is 2.18. The Bertz CT molecular complexity index is 1030. The molecule has 3 aromatic rings. The van der Waals surface area contributed by atoms with Crippen LogP contribution in [-0.4, -0.2) is 32.5 Å². The zero-order valence-corrected chi connectivity index (χ0v) is 14.5. The van der Waals surface area contributed by atoms with Crippen molar-refractivity contribution in [3.8, 4) is 0 Å². The van der Waals surface area contributed by atoms with Crippen LogP contribution < -0.4 is 11.1 Å². The molecule has 132 valence electrons. The van der Waals surface area contributed by atoms with Crippen molar-refractivity contribution >= 4 is 38.5 Å². The second-order valence-corrected chi connectivity index (χ2v) is 7.60. The summed E-state index contributed by atoms with van der Waals surface area (Å²) in [5.41, 5.74) is 0.540. The summed E-state index contributed by atoms with van der Waals surface area (Å²) in [6.45, 7) is 0.208. The molecule has 2 N–H and O–H groups in total. The molecule has 0 aliphatic carbocycles. The maximum Gasteiger partial charge on any atom is 0.417 e. The molecule has 0 atom stereocenters. The number of nitrogens with one attached hydrogen (secondary N) is 2. The van der Waals surface area contributed by atoms with Gasteiger partial charge in [-0.15, -0.1) is 11.3 Å². The minimum atomic E-state index is -3.97. The third-order valence-electron chi connectivity index (χ3n) is 3.27. The molecule has 8 nitrogen and oxygen atoms in total. The normalized spacial score (nSPS) is 11.7. The van der Waals surface area contributed by atoms with Crippen molar-refractivity contribution in [2.24, 2.45) is 0 Å². The van der Waals surface area contributed by atoms with Crippen molar-refractivity contribution in [2.45, 2.75) is 11.3 Å². The van der Waals surface area contributed by atoms with Crippen molar-refractivity contribution < 1.29 is 21.8 Å². The number of carbonyl (C=O) groups excluding carboxylic acids is 1. The first-order chi connectivity index (χ1) is 12.0. The number of oxazole rings is 1. The van der Waals surface area contributed by atoms with Crippen LogP contribution in [0.2, 0.25) is 0 Å². The van der Waals surface area contributed by atoms with E-state index >= 15 is 0 Å². The fraction of sp³-hybridized carbons (Fsp3) is 0.200. The van der Waals surface area contributed by atoms with E-state index in [2.05, 4.69) is 10.3 Å². The number of rotatable bonds is 7. The highest BCUT2D eigenvalue weighted by atomic mass is 32.2. The number of thiophene rings is 1. The SMILES string of the molecule is O=C(NCCCOS(=O)(=O)c1ccc2[nH]c(=O)oc2c1)c1cccs1. The van der Waals surface area contributed by atoms with E-state index in [1.54, 1.807) is 17.5 Å². The zero-order chi connectivity index (χ0) is 17.9. The van der Waals surface area contributed by atoms with Gasteiger partial charge in [0.1, 0.15) is 0 Å². The van der Waals surface area contributed by atoms with E-state index in [0.717, 1.165) is 0 Å². The first-order valence-corrected chi connectivity index (χ1v) is 9.58. The minimum absolute atomic E-state index is 0.0812. The maximum atomic E-state index is 12.1. The lowest BCUT2D eigenvalue weighted by atomic mass is 10.3. The molecule has 1 aromatic carbocycles. The van der Waals surface area contributed by atoms with Gasteiger partial charge in [-0.1, -0.05) is 6.07 Å². The number of hydrogen-bond donors (Lipinski definition) is 2. The molecule has 2 heterocycles. The molecule has 0 bridgehead atoms. The second kappa shape index (κ2) is 7.21. The van der Waals surface area contributed by atoms with Crippen molar-refractivity contribution in [3.63, 3.8) is 0 Å². The molecular weight excluding hydrogens is 368 g/mol. The fourth-order valence-electron chi connectivity index (χ4n) is 2.09. The van der Waals surface area contributed by atoms with E-state index < -0.39 is 15.9 Å². The quantitative estimate of drug-likeness (QED) is 0.474. The number of aromatic amines is 1. The summed E-state index contributed by atoms with van der Waals surface area (Å²) in [6, 6.07) is 7.45. The minimum Gasteiger partial charge on any atom is -0.408 e. The smallest absolute Gasteiger partial charge is 0.408 e. The van der Waals surface area contributed by atoms with Crippen LogP contribution in [0, 0.1) is 0 Å². The van der Waals surface area contributed by atoms with Gasteiger partial charge in [0.2, 0.25) is 0 Å². The van der Waals surface area contributed by atoms with Crippen LogP contribution in [0.3, 0.4) is 0 Å². The summed E-state index contributed by atoms with van der Waals surface area (Å²) in [7, 11) is -3.97. The van der Waals surface area contributed by atoms with Crippen molar-refractivity contribution in [3.05, 3.63) is 51.1 Å². The van der Waals surface area contributed by atoms with E-state index in [1.807, 2.05) is 0 Å². The molecular formula is C15H14N2O6S2. The Hall–Kier alpha value is -2.43. The Balaban J connectivity index is 1.52. The molecule has 0 fully saturated rings. The Labute approximate surface area is 146 Å². The highest BCUT2D eigenvalue weighted by Gasteiger charge is 2.17. The van der Waals surface area contributed by atoms with E-state index in [-0.39, 0.29) is 29.5 Å². The maximum absolute atomic E-state index is 12.1. The summed E-state index contributed by atoms with van der Waals surface area (Å²) < 4.78 is 34.0. The number of amides is 1. The second-order valence-electron chi connectivity index (χ2n) is 5.04. The highest BCUT2D eigenvalue weighted by molar-refractivity contribution is 7.86. The lowest BCUT2D eigenvalue weighted by molar-refractivity contribution is 0.0956. The summed E-state index contributed by atoms with van der Waals surface area (Å²) in [5, 5.41) is 4.48. The van der Waals surface area contributed by atoms with Crippen LogP contribution in [-0.2, 0) is 14.3 Å². The molecule has 25 heavy (non-hydrogen) atoms. The van der Waals surface area contributed by atoms with Crippen molar-refractivity contribution in [1.29, 1.82) is 0 Å². The number of aromatic nitrogens is 1. The van der Waals surface area contributed by atoms with Gasteiger partial charge < -0.3 is 9.73 Å². The van der Waals surface area contributed by atoms with E-state index in [1.165, 1.54) is 29.5 Å². The fourth-order valence-corrected chi connectivity index (χ4v) is 3.69. The Kier molecular flexibility index (Phi) is 5.02. The number of carbonyl (C=O) groups is 1. The summed E-state index contributed by atoms with van der Waals surface area (Å²) >= 11 is 1.33. The lowest BCUT2D eigenvalue weighted by Crippen LogP contribution is -2.24. The molecule has 3 rings (SSSR count). The molecule has 0 saturated carbocycles. The molecule has 0 spiro atoms. The van der Waals surface area contributed by atoms with Gasteiger partial charge >= 0.3 is 5.76 Å². The molecule has 10 heteroatoms. The van der Waals surface area contributed by atoms with Crippen LogP contribution in [0.15, 0.2) is 49.8 Å². The van der Waals surface area contributed by atoms with E-state index in [9.17, 15) is 18.0 Å². The van der Waals surface area contributed by atoms with Crippen LogP contribution in [0.5, 0.6) is 0 Å². The van der Waals surface area contributed by atoms with Crippen LogP contribution in [0.1, 0.15) is 16.1 Å². The predicted octanol–water partition coefficient (Wildman–Crippen LogP) is 1.71. The molecule has 0 radical (unpaired) electrons. The van der Waals surface area contributed by atoms with E-state index in [0.29, 0.717) is 16.8 Å². The standard InChI is InChI=1S/C15H14N2O6S2/c18-14(13-3-1-8-24-13)16-6-2-7-22-25(20,21)10-4-5-11-12(9-10)23-15(19)17-11/h1,3-5,8-9H,2,6-7H2,(H,16,18)(H,17,19).